The Hall–Kier alpha value is -3.23. The van der Waals surface area contributed by atoms with E-state index in [-0.39, 0.29) is 5.75 Å². The number of aryl methyl sites for hydroxylation is 1. The molecule has 3 amide bonds. The molecule has 0 unspecified atom stereocenters. The van der Waals surface area contributed by atoms with Crippen LogP contribution in [0.4, 0.5) is 13.6 Å². The van der Waals surface area contributed by atoms with Crippen LogP contribution in [0.2, 0.25) is 0 Å². The lowest BCUT2D eigenvalue weighted by Gasteiger charge is -2.21. The number of furan rings is 1. The number of rotatable bonds is 5. The van der Waals surface area contributed by atoms with Crippen molar-refractivity contribution in [2.24, 2.45) is 5.10 Å². The average molecular weight is 363 g/mol. The summed E-state index contributed by atoms with van der Waals surface area (Å²) in [4.78, 5) is 24.8. The number of urea groups is 1. The molecule has 0 spiro atoms. The number of hydrogen-bond acceptors (Lipinski definition) is 5. The second-order valence-corrected chi connectivity index (χ2v) is 5.77. The van der Waals surface area contributed by atoms with Crippen molar-refractivity contribution in [3.8, 4) is 5.75 Å². The molecule has 1 aliphatic heterocycles. The first-order chi connectivity index (χ1) is 12.3. The van der Waals surface area contributed by atoms with E-state index in [1.54, 1.807) is 19.1 Å². The molecule has 0 radical (unpaired) electrons. The van der Waals surface area contributed by atoms with Crippen LogP contribution in [0, 0.1) is 6.92 Å². The number of amides is 3. The summed E-state index contributed by atoms with van der Waals surface area (Å²) in [6.07, 6.45) is 1.26. The first-order valence-electron chi connectivity index (χ1n) is 7.62. The van der Waals surface area contributed by atoms with Crippen LogP contribution in [0.3, 0.4) is 0 Å². The molecule has 7 nitrogen and oxygen atoms in total. The quantitative estimate of drug-likeness (QED) is 0.654. The highest BCUT2D eigenvalue weighted by atomic mass is 19.3. The van der Waals surface area contributed by atoms with Gasteiger partial charge in [-0.25, -0.2) is 4.79 Å². The summed E-state index contributed by atoms with van der Waals surface area (Å²) in [6.45, 7) is 0.311. The Morgan fingerprint density at radius 1 is 1.23 bits per heavy atom. The van der Waals surface area contributed by atoms with Crippen LogP contribution in [0.25, 0.3) is 0 Å². The lowest BCUT2D eigenvalue weighted by molar-refractivity contribution is -0.131. The number of carbonyl (C=O) groups is 2. The highest BCUT2D eigenvalue weighted by Crippen LogP contribution is 2.30. The molecule has 136 valence electrons. The number of benzene rings is 1. The Labute approximate surface area is 147 Å². The molecule has 2 heterocycles. The number of imide groups is 1. The van der Waals surface area contributed by atoms with Gasteiger partial charge in [-0.15, -0.1) is 5.01 Å². The van der Waals surface area contributed by atoms with Gasteiger partial charge in [0.15, 0.2) is 0 Å². The fourth-order valence-corrected chi connectivity index (χ4v) is 2.53. The fraction of sp³-hybridized carbons (Fsp3) is 0.235. The van der Waals surface area contributed by atoms with Crippen LogP contribution in [0.5, 0.6) is 5.75 Å². The van der Waals surface area contributed by atoms with Crippen LogP contribution in [0.15, 0.2) is 45.9 Å². The van der Waals surface area contributed by atoms with Gasteiger partial charge in [0.1, 0.15) is 22.8 Å². The van der Waals surface area contributed by atoms with Gasteiger partial charge in [0, 0.05) is 0 Å². The van der Waals surface area contributed by atoms with Crippen molar-refractivity contribution in [2.45, 2.75) is 26.0 Å². The van der Waals surface area contributed by atoms with Crippen molar-refractivity contribution < 1.29 is 27.5 Å². The fourth-order valence-electron chi connectivity index (χ4n) is 2.53. The molecule has 2 aromatic rings. The zero-order valence-electron chi connectivity index (χ0n) is 13.9. The molecule has 9 heteroatoms. The molecular weight excluding hydrogens is 348 g/mol. The van der Waals surface area contributed by atoms with Gasteiger partial charge < -0.3 is 14.5 Å². The van der Waals surface area contributed by atoms with Gasteiger partial charge in [0.2, 0.25) is 0 Å². The van der Waals surface area contributed by atoms with E-state index >= 15 is 0 Å². The standard InChI is InChI=1S/C17H15F2N3O4/c1-10-3-6-13(25-10)9-20-22-14(23)17(2,21-16(22)24)11-4-7-12(8-5-11)26-15(18)19/h3-9,15H,1-2H3,(H,21,24)/t17-/m1/s1. The number of hydrazone groups is 1. The lowest BCUT2D eigenvalue weighted by Crippen LogP contribution is -2.40. The first kappa shape index (κ1) is 17.6. The molecule has 1 aliphatic rings. The van der Waals surface area contributed by atoms with E-state index in [1.165, 1.54) is 37.4 Å². The van der Waals surface area contributed by atoms with Crippen LogP contribution >= 0.6 is 0 Å². The molecule has 1 aromatic carbocycles. The Balaban J connectivity index is 1.81. The van der Waals surface area contributed by atoms with Gasteiger partial charge in [-0.05, 0) is 43.7 Å². The monoisotopic (exact) mass is 363 g/mol. The summed E-state index contributed by atoms with van der Waals surface area (Å²) in [6, 6.07) is 8.12. The van der Waals surface area contributed by atoms with Gasteiger partial charge >= 0.3 is 12.6 Å². The number of hydrogen-bond donors (Lipinski definition) is 1. The Morgan fingerprint density at radius 2 is 1.92 bits per heavy atom. The zero-order valence-corrected chi connectivity index (χ0v) is 13.9. The molecule has 3 rings (SSSR count). The minimum Gasteiger partial charge on any atom is -0.460 e. The van der Waals surface area contributed by atoms with E-state index in [0.29, 0.717) is 22.1 Å². The number of nitrogens with one attached hydrogen (secondary N) is 1. The summed E-state index contributed by atoms with van der Waals surface area (Å²) >= 11 is 0. The number of carbonyl (C=O) groups excluding carboxylic acids is 2. The van der Waals surface area contributed by atoms with Crippen molar-refractivity contribution in [1.29, 1.82) is 0 Å². The maximum atomic E-state index is 12.7. The Kier molecular flexibility index (Phi) is 4.45. The third-order valence-corrected chi connectivity index (χ3v) is 3.89. The van der Waals surface area contributed by atoms with E-state index in [2.05, 4.69) is 15.2 Å². The average Bonchev–Trinajstić information content (AvgIpc) is 3.08. The number of alkyl halides is 2. The van der Waals surface area contributed by atoms with Gasteiger partial charge in [0.05, 0.1) is 6.21 Å². The van der Waals surface area contributed by atoms with Gasteiger partial charge in [-0.2, -0.15) is 13.9 Å². The lowest BCUT2D eigenvalue weighted by atomic mass is 9.92. The van der Waals surface area contributed by atoms with Crippen molar-refractivity contribution in [3.05, 3.63) is 53.5 Å². The Morgan fingerprint density at radius 3 is 2.50 bits per heavy atom. The number of halogens is 2. The summed E-state index contributed by atoms with van der Waals surface area (Å²) in [5.74, 6) is 0.404. The predicted octanol–water partition coefficient (Wildman–Crippen LogP) is 2.99. The number of ether oxygens (including phenoxy) is 1. The van der Waals surface area contributed by atoms with E-state index < -0.39 is 24.1 Å². The number of nitrogens with zero attached hydrogens (tertiary/aromatic N) is 2. The zero-order chi connectivity index (χ0) is 18.9. The van der Waals surface area contributed by atoms with Crippen molar-refractivity contribution in [3.63, 3.8) is 0 Å². The smallest absolute Gasteiger partial charge is 0.387 e. The maximum Gasteiger partial charge on any atom is 0.387 e. The van der Waals surface area contributed by atoms with E-state index in [1.807, 2.05) is 0 Å². The van der Waals surface area contributed by atoms with Crippen LogP contribution in [-0.4, -0.2) is 29.8 Å². The third kappa shape index (κ3) is 3.28. The minimum atomic E-state index is -2.95. The van der Waals surface area contributed by atoms with Crippen LogP contribution in [-0.2, 0) is 10.3 Å². The molecule has 0 bridgehead atoms. The SMILES string of the molecule is Cc1ccc(C=NN2C(=O)N[C@](C)(c3ccc(OC(F)F)cc3)C2=O)o1. The molecule has 1 saturated heterocycles. The van der Waals surface area contributed by atoms with Crippen molar-refractivity contribution >= 4 is 18.2 Å². The summed E-state index contributed by atoms with van der Waals surface area (Å²) in [5.41, 5.74) is -0.972. The van der Waals surface area contributed by atoms with Crippen LogP contribution < -0.4 is 10.1 Å². The topological polar surface area (TPSA) is 84.1 Å². The minimum absolute atomic E-state index is 0.0489. The van der Waals surface area contributed by atoms with E-state index in [0.717, 1.165) is 0 Å². The summed E-state index contributed by atoms with van der Waals surface area (Å²) in [5, 5.41) is 7.12. The van der Waals surface area contributed by atoms with Gasteiger partial charge in [-0.3, -0.25) is 4.79 Å². The van der Waals surface area contributed by atoms with Crippen molar-refractivity contribution in [2.75, 3.05) is 0 Å². The van der Waals surface area contributed by atoms with E-state index in [9.17, 15) is 18.4 Å². The highest BCUT2D eigenvalue weighted by Gasteiger charge is 2.49. The van der Waals surface area contributed by atoms with Crippen LogP contribution in [0.1, 0.15) is 24.0 Å². The molecule has 1 N–H and O–H groups in total. The van der Waals surface area contributed by atoms with Gasteiger partial charge in [0.25, 0.3) is 5.91 Å². The summed E-state index contributed by atoms with van der Waals surface area (Å²) in [7, 11) is 0. The maximum absolute atomic E-state index is 12.7. The highest BCUT2D eigenvalue weighted by molar-refractivity contribution is 6.07. The molecule has 26 heavy (non-hydrogen) atoms. The third-order valence-electron chi connectivity index (χ3n) is 3.89. The molecule has 1 atom stereocenters. The second kappa shape index (κ2) is 6.58. The van der Waals surface area contributed by atoms with Gasteiger partial charge in [-0.1, -0.05) is 12.1 Å². The molecule has 0 saturated carbocycles. The second-order valence-electron chi connectivity index (χ2n) is 5.77. The summed E-state index contributed by atoms with van der Waals surface area (Å²) < 4.78 is 34.0. The largest absolute Gasteiger partial charge is 0.460 e. The first-order valence-corrected chi connectivity index (χ1v) is 7.62. The van der Waals surface area contributed by atoms with E-state index in [4.69, 9.17) is 4.42 Å². The van der Waals surface area contributed by atoms with Crippen molar-refractivity contribution in [1.82, 2.24) is 10.3 Å². The molecule has 1 aromatic heterocycles. The predicted molar refractivity (Wildman–Crippen MR) is 86.8 cm³/mol. The molecular formula is C17H15F2N3O4. The molecule has 0 aliphatic carbocycles. The normalized spacial score (nSPS) is 20.3. The Bertz CT molecular complexity index is 863. The molecule has 1 fully saturated rings.